The monoisotopic (exact) mass is 194 g/mol. The molecule has 0 rings (SSSR count). The molecule has 2 N–H and O–H groups in total. The Morgan fingerprint density at radius 1 is 1.36 bits per heavy atom. The molecule has 0 aliphatic carbocycles. The molecule has 0 radical (unpaired) electrons. The second kappa shape index (κ2) is 6.99. The van der Waals surface area contributed by atoms with Crippen molar-refractivity contribution in [3.05, 3.63) is 0 Å². The minimum Gasteiger partial charge on any atom is -0.435 e. The summed E-state index contributed by atoms with van der Waals surface area (Å²) in [6, 6.07) is 0.923. The summed E-state index contributed by atoms with van der Waals surface area (Å²) in [7, 11) is -2.62. The highest BCUT2D eigenvalue weighted by molar-refractivity contribution is 6.50. The van der Waals surface area contributed by atoms with Crippen LogP contribution < -0.4 is 0 Å². The fourth-order valence-corrected chi connectivity index (χ4v) is 2.15. The van der Waals surface area contributed by atoms with Gasteiger partial charge in [-0.05, 0) is 25.6 Å². The first-order valence-electron chi connectivity index (χ1n) is 4.07. The van der Waals surface area contributed by atoms with Crippen LogP contribution in [0, 0.1) is 0 Å². The van der Waals surface area contributed by atoms with Crippen molar-refractivity contribution in [2.24, 2.45) is 0 Å². The highest BCUT2D eigenvalue weighted by atomic mass is 28.3. The Balaban J connectivity index is 3.01. The summed E-state index contributed by atoms with van der Waals surface area (Å²) >= 11 is 0. The predicted molar refractivity (Wildman–Crippen MR) is 50.7 cm³/mol. The third-order valence-electron chi connectivity index (χ3n) is 1.43. The molecule has 2 atom stereocenters. The van der Waals surface area contributed by atoms with Gasteiger partial charge in [-0.1, -0.05) is 0 Å². The summed E-state index contributed by atoms with van der Waals surface area (Å²) in [5.41, 5.74) is 0. The Morgan fingerprint density at radius 2 is 2.00 bits per heavy atom. The predicted octanol–water partition coefficient (Wildman–Crippen LogP) is -0.376. The standard InChI is InChI=1S/C6H18O3Si2/c1-10(8)5-3-4-9-11(2)6-7/h7-8,10-11H,3-6H2,1-2H3. The van der Waals surface area contributed by atoms with E-state index in [2.05, 4.69) is 0 Å². The first-order chi connectivity index (χ1) is 5.16. The van der Waals surface area contributed by atoms with Gasteiger partial charge in [0.25, 0.3) is 0 Å². The molecule has 0 heterocycles. The molecule has 68 valence electrons. The minimum atomic E-state index is -1.37. The van der Waals surface area contributed by atoms with Gasteiger partial charge in [0.2, 0.25) is 0 Å². The van der Waals surface area contributed by atoms with Crippen molar-refractivity contribution in [3.63, 3.8) is 0 Å². The summed E-state index contributed by atoms with van der Waals surface area (Å²) in [4.78, 5) is 9.02. The first kappa shape index (κ1) is 11.3. The maximum absolute atomic E-state index is 9.02. The maximum Gasteiger partial charge on any atom is 0.198 e. The third kappa shape index (κ3) is 8.22. The molecular formula is C6H18O3Si2. The Labute approximate surface area is 71.5 Å². The molecule has 11 heavy (non-hydrogen) atoms. The normalized spacial score (nSPS) is 16.4. The van der Waals surface area contributed by atoms with E-state index in [1.165, 1.54) is 0 Å². The lowest BCUT2D eigenvalue weighted by Crippen LogP contribution is -2.20. The van der Waals surface area contributed by atoms with Gasteiger partial charge in [0.1, 0.15) is 0 Å². The fraction of sp³-hybridized carbons (Fsp3) is 1.00. The molecule has 0 bridgehead atoms. The molecule has 0 saturated carbocycles. The van der Waals surface area contributed by atoms with Gasteiger partial charge in [-0.2, -0.15) is 0 Å². The van der Waals surface area contributed by atoms with E-state index in [1.54, 1.807) is 0 Å². The Kier molecular flexibility index (Phi) is 7.19. The van der Waals surface area contributed by atoms with Crippen LogP contribution in [-0.4, -0.2) is 40.8 Å². The lowest BCUT2D eigenvalue weighted by Gasteiger charge is -2.08. The van der Waals surface area contributed by atoms with Crippen molar-refractivity contribution in [3.8, 4) is 0 Å². The van der Waals surface area contributed by atoms with E-state index in [4.69, 9.17) is 14.3 Å². The van der Waals surface area contributed by atoms with E-state index < -0.39 is 18.1 Å². The lowest BCUT2D eigenvalue weighted by molar-refractivity contribution is 0.277. The molecule has 0 aliphatic rings. The average molecular weight is 194 g/mol. The van der Waals surface area contributed by atoms with E-state index >= 15 is 0 Å². The maximum atomic E-state index is 9.02. The van der Waals surface area contributed by atoms with E-state index in [0.29, 0.717) is 6.61 Å². The molecule has 0 saturated heterocycles. The molecule has 5 heteroatoms. The van der Waals surface area contributed by atoms with E-state index in [0.717, 1.165) is 12.5 Å². The summed E-state index contributed by atoms with van der Waals surface area (Å²) in [5, 5.41) is 8.64. The lowest BCUT2D eigenvalue weighted by atomic mass is 10.5. The van der Waals surface area contributed by atoms with Crippen LogP contribution in [0.1, 0.15) is 6.42 Å². The number of hydrogen-bond donors (Lipinski definition) is 2. The Hall–Kier alpha value is 0.314. The molecule has 0 amide bonds. The van der Waals surface area contributed by atoms with Gasteiger partial charge in [-0.15, -0.1) is 0 Å². The summed E-state index contributed by atoms with van der Waals surface area (Å²) in [6.45, 7) is 4.60. The van der Waals surface area contributed by atoms with Gasteiger partial charge in [-0.25, -0.2) is 0 Å². The van der Waals surface area contributed by atoms with Crippen LogP contribution in [-0.2, 0) is 4.43 Å². The van der Waals surface area contributed by atoms with Gasteiger partial charge in [0, 0.05) is 6.61 Å². The molecule has 2 unspecified atom stereocenters. The van der Waals surface area contributed by atoms with Crippen LogP contribution in [0.3, 0.4) is 0 Å². The van der Waals surface area contributed by atoms with Crippen LogP contribution in [0.5, 0.6) is 0 Å². The van der Waals surface area contributed by atoms with E-state index in [-0.39, 0.29) is 6.23 Å². The fourth-order valence-electron chi connectivity index (χ4n) is 0.716. The second-order valence-electron chi connectivity index (χ2n) is 2.86. The largest absolute Gasteiger partial charge is 0.435 e. The zero-order chi connectivity index (χ0) is 8.69. The summed E-state index contributed by atoms with van der Waals surface area (Å²) in [5.74, 6) is 0. The zero-order valence-corrected chi connectivity index (χ0v) is 9.60. The van der Waals surface area contributed by atoms with Gasteiger partial charge in [-0.3, -0.25) is 0 Å². The van der Waals surface area contributed by atoms with Crippen molar-refractivity contribution >= 4 is 18.1 Å². The van der Waals surface area contributed by atoms with Gasteiger partial charge < -0.3 is 14.3 Å². The molecule has 0 aromatic carbocycles. The van der Waals surface area contributed by atoms with E-state index in [9.17, 15) is 0 Å². The number of aliphatic hydroxyl groups is 1. The average Bonchev–Trinajstić information content (AvgIpc) is 1.97. The van der Waals surface area contributed by atoms with Crippen molar-refractivity contribution in [2.75, 3.05) is 12.8 Å². The molecule has 0 spiro atoms. The third-order valence-corrected chi connectivity index (χ3v) is 3.99. The molecule has 3 nitrogen and oxygen atoms in total. The number of hydrogen-bond acceptors (Lipinski definition) is 3. The first-order valence-corrected chi connectivity index (χ1v) is 9.00. The second-order valence-corrected chi connectivity index (χ2v) is 7.45. The van der Waals surface area contributed by atoms with E-state index in [1.807, 2.05) is 13.1 Å². The SMILES string of the molecule is C[SiH](O)CCCO[SiH](C)CO. The molecule has 0 aromatic heterocycles. The quantitative estimate of drug-likeness (QED) is 0.448. The number of aliphatic hydroxyl groups excluding tert-OH is 1. The van der Waals surface area contributed by atoms with Gasteiger partial charge >= 0.3 is 0 Å². The van der Waals surface area contributed by atoms with Crippen LogP contribution in [0.2, 0.25) is 19.1 Å². The van der Waals surface area contributed by atoms with Crippen LogP contribution in [0.25, 0.3) is 0 Å². The van der Waals surface area contributed by atoms with Crippen molar-refractivity contribution < 1.29 is 14.3 Å². The van der Waals surface area contributed by atoms with Crippen LogP contribution in [0.15, 0.2) is 0 Å². The summed E-state index contributed by atoms with van der Waals surface area (Å²) in [6.07, 6.45) is 1.16. The topological polar surface area (TPSA) is 49.7 Å². The highest BCUT2D eigenvalue weighted by Crippen LogP contribution is 1.96. The summed E-state index contributed by atoms with van der Waals surface area (Å²) < 4.78 is 5.34. The van der Waals surface area contributed by atoms with Gasteiger partial charge in [0.15, 0.2) is 18.1 Å². The van der Waals surface area contributed by atoms with Crippen molar-refractivity contribution in [1.29, 1.82) is 0 Å². The Morgan fingerprint density at radius 3 is 2.45 bits per heavy atom. The zero-order valence-electron chi connectivity index (χ0n) is 7.29. The molecule has 0 aliphatic heterocycles. The van der Waals surface area contributed by atoms with Crippen molar-refractivity contribution in [1.82, 2.24) is 0 Å². The Bertz CT molecular complexity index is 89.9. The minimum absolute atomic E-state index is 0.214. The molecular weight excluding hydrogens is 176 g/mol. The van der Waals surface area contributed by atoms with Crippen LogP contribution in [0.4, 0.5) is 0 Å². The van der Waals surface area contributed by atoms with Crippen LogP contribution >= 0.6 is 0 Å². The van der Waals surface area contributed by atoms with Crippen molar-refractivity contribution in [2.45, 2.75) is 25.6 Å². The highest BCUT2D eigenvalue weighted by Gasteiger charge is 2.02. The molecule has 0 fully saturated rings. The number of rotatable bonds is 6. The molecule has 0 aromatic rings. The van der Waals surface area contributed by atoms with Gasteiger partial charge in [0.05, 0.1) is 6.23 Å². The smallest absolute Gasteiger partial charge is 0.198 e.